The molecule has 0 aromatic heterocycles. The zero-order chi connectivity index (χ0) is 66.1. The van der Waals surface area contributed by atoms with Gasteiger partial charge in [0.2, 0.25) is 0 Å². The minimum Gasteiger partial charge on any atom is -0.481 e. The fourth-order valence-corrected chi connectivity index (χ4v) is 15.2. The molecule has 8 aromatic rings. The lowest BCUT2D eigenvalue weighted by atomic mass is 9.64. The Labute approximate surface area is 564 Å². The Balaban J connectivity index is 0.989. The van der Waals surface area contributed by atoms with E-state index in [0.29, 0.717) is 35.8 Å². The summed E-state index contributed by atoms with van der Waals surface area (Å²) in [6, 6.07) is 57.3. The zero-order valence-electron chi connectivity index (χ0n) is 55.8. The van der Waals surface area contributed by atoms with Crippen molar-refractivity contribution in [2.75, 3.05) is 26.4 Å². The monoisotopic (exact) mass is 1290 g/mol. The lowest BCUT2D eigenvalue weighted by molar-refractivity contribution is -0.152. The van der Waals surface area contributed by atoms with Crippen molar-refractivity contribution in [2.45, 2.75) is 179 Å². The zero-order valence-corrected chi connectivity index (χ0v) is 55.8. The maximum atomic E-state index is 14.3. The van der Waals surface area contributed by atoms with Crippen LogP contribution in [0.15, 0.2) is 170 Å². The molecule has 0 aliphatic heterocycles. The van der Waals surface area contributed by atoms with Crippen LogP contribution in [0.25, 0.3) is 0 Å². The number of aryl methyl sites for hydroxylation is 4. The van der Waals surface area contributed by atoms with E-state index < -0.39 is 48.3 Å². The van der Waals surface area contributed by atoms with Crippen molar-refractivity contribution in [3.8, 4) is 23.0 Å². The first-order valence-corrected chi connectivity index (χ1v) is 35.0. The molecule has 5 aliphatic carbocycles. The number of esters is 4. The van der Waals surface area contributed by atoms with Crippen LogP contribution in [0.5, 0.6) is 23.0 Å². The highest BCUT2D eigenvalue weighted by atomic mass is 16.6. The molecule has 0 amide bonds. The third kappa shape index (κ3) is 15.4. The van der Waals surface area contributed by atoms with Gasteiger partial charge in [-0.1, -0.05) is 183 Å². The first-order valence-electron chi connectivity index (χ1n) is 35.0. The fourth-order valence-electron chi connectivity index (χ4n) is 15.2. The summed E-state index contributed by atoms with van der Waals surface area (Å²) in [5.41, 5.74) is 15.9. The Morgan fingerprint density at radius 1 is 0.312 bits per heavy atom. The highest BCUT2D eigenvalue weighted by Crippen LogP contribution is 2.58. The topological polar surface area (TPSA) is 142 Å². The quantitative estimate of drug-likeness (QED) is 0.0529. The molecular formula is C84H88O12. The van der Waals surface area contributed by atoms with Crippen molar-refractivity contribution in [3.05, 3.63) is 259 Å². The van der Waals surface area contributed by atoms with E-state index in [2.05, 4.69) is 48.5 Å². The third-order valence-electron chi connectivity index (χ3n) is 20.4. The van der Waals surface area contributed by atoms with Crippen molar-refractivity contribution in [2.24, 2.45) is 0 Å². The molecule has 12 nitrogen and oxygen atoms in total. The Morgan fingerprint density at radius 3 is 0.740 bits per heavy atom. The highest BCUT2D eigenvalue weighted by Gasteiger charge is 2.42. The predicted octanol–water partition coefficient (Wildman–Crippen LogP) is 17.8. The average Bonchev–Trinajstić information content (AvgIpc) is 0.862. The molecule has 0 saturated heterocycles. The molecule has 8 aromatic carbocycles. The molecule has 0 heterocycles. The molecule has 13 rings (SSSR count). The van der Waals surface area contributed by atoms with Crippen LogP contribution in [0.1, 0.15) is 229 Å². The van der Waals surface area contributed by atoms with Gasteiger partial charge in [-0.3, -0.25) is 0 Å². The third-order valence-corrected chi connectivity index (χ3v) is 20.4. The summed E-state index contributed by atoms with van der Waals surface area (Å²) in [7, 11) is 0. The molecule has 12 heteroatoms. The summed E-state index contributed by atoms with van der Waals surface area (Å²) in [6.07, 6.45) is 11.0. The molecule has 8 unspecified atom stereocenters. The van der Waals surface area contributed by atoms with Crippen molar-refractivity contribution >= 4 is 23.9 Å². The molecular weight excluding hydrogens is 1200 g/mol. The summed E-state index contributed by atoms with van der Waals surface area (Å²) in [5.74, 6) is 0.171. The van der Waals surface area contributed by atoms with E-state index in [1.165, 1.54) is 22.3 Å². The Hall–Kier alpha value is -9.16. The summed E-state index contributed by atoms with van der Waals surface area (Å²) in [6.45, 7) is 6.20. The van der Waals surface area contributed by atoms with Gasteiger partial charge in [0.1, 0.15) is 47.4 Å². The summed E-state index contributed by atoms with van der Waals surface area (Å²) >= 11 is 0. The van der Waals surface area contributed by atoms with Gasteiger partial charge in [0.05, 0.1) is 0 Å². The van der Waals surface area contributed by atoms with Crippen molar-refractivity contribution in [1.82, 2.24) is 0 Å². The van der Waals surface area contributed by atoms with Crippen molar-refractivity contribution in [3.63, 3.8) is 0 Å². The number of hydrogen-bond acceptors (Lipinski definition) is 12. The van der Waals surface area contributed by atoms with Gasteiger partial charge in [-0.2, -0.15) is 0 Å². The molecule has 96 heavy (non-hydrogen) atoms. The van der Waals surface area contributed by atoms with Crippen molar-refractivity contribution < 1.29 is 57.1 Å². The van der Waals surface area contributed by atoms with Gasteiger partial charge in [0, 0.05) is 12.8 Å². The summed E-state index contributed by atoms with van der Waals surface area (Å²) in [5, 5.41) is 0. The van der Waals surface area contributed by atoms with Crippen LogP contribution in [-0.4, -0.2) is 50.3 Å². The first-order chi connectivity index (χ1) is 46.8. The van der Waals surface area contributed by atoms with Gasteiger partial charge in [-0.05, 0) is 217 Å². The van der Waals surface area contributed by atoms with Gasteiger partial charge >= 0.3 is 23.9 Å². The second-order valence-corrected chi connectivity index (χ2v) is 27.1. The fraction of sp³-hybridized carbons (Fsp3) is 0.381. The van der Waals surface area contributed by atoms with Crippen LogP contribution in [0, 0.1) is 0 Å². The molecule has 5 aliphatic rings. The lowest BCUT2D eigenvalue weighted by Crippen LogP contribution is -2.27. The van der Waals surface area contributed by atoms with Crippen LogP contribution in [0.2, 0.25) is 0 Å². The van der Waals surface area contributed by atoms with Gasteiger partial charge in [0.25, 0.3) is 0 Å². The average molecular weight is 1290 g/mol. The Kier molecular flexibility index (Phi) is 20.7. The van der Waals surface area contributed by atoms with Crippen LogP contribution >= 0.6 is 0 Å². The van der Waals surface area contributed by atoms with Crippen LogP contribution in [0.3, 0.4) is 0 Å². The number of benzene rings is 8. The second kappa shape index (κ2) is 30.3. The number of carbonyl (C=O) groups excluding carboxylic acids is 4. The van der Waals surface area contributed by atoms with E-state index in [1.54, 1.807) is 0 Å². The minimum atomic E-state index is -0.510. The van der Waals surface area contributed by atoms with E-state index in [-0.39, 0.29) is 50.1 Å². The molecule has 0 radical (unpaired) electrons. The van der Waals surface area contributed by atoms with Crippen LogP contribution in [0.4, 0.5) is 0 Å². The molecule has 2 saturated carbocycles. The number of rotatable bonds is 20. The SMILES string of the molecule is CC(OC(=O)COc1c2cc3cc1C1CCC1c1cc(cc(c1OCC(=O)OC(C)c1ccccc1)Cc1cc4cc(c1OCC(=O)OC(C)c1ccccc1)C1CCC1c1cc(cc(c1OCC(=O)OC(C)c1ccccc1)C2)CCCCC4)CCCCC3)c1ccccc1. The second-order valence-electron chi connectivity index (χ2n) is 27.1. The maximum Gasteiger partial charge on any atom is 0.344 e. The number of ether oxygens (including phenoxy) is 8. The van der Waals surface area contributed by atoms with Gasteiger partial charge in [-0.25, -0.2) is 19.2 Å². The summed E-state index contributed by atoms with van der Waals surface area (Å²) in [4.78, 5) is 57.2. The normalized spacial score (nSPS) is 19.0. The number of fused-ring (bicyclic) bond motifs is 8. The van der Waals surface area contributed by atoms with E-state index >= 15 is 0 Å². The smallest absolute Gasteiger partial charge is 0.344 e. The molecule has 496 valence electrons. The molecule has 8 atom stereocenters. The molecule has 0 N–H and O–H groups in total. The number of hydrogen-bond donors (Lipinski definition) is 0. The minimum absolute atomic E-state index is 0.102. The maximum absolute atomic E-state index is 14.3. The van der Waals surface area contributed by atoms with Crippen molar-refractivity contribution in [1.29, 1.82) is 0 Å². The van der Waals surface area contributed by atoms with Gasteiger partial charge in [-0.15, -0.1) is 0 Å². The standard InChI is InChI=1S/C84H88O12/c1-53(61-27-15-7-16-28-61)93-77(85)49-89-81-65-39-57-23-11-5-12-25-59-41-67(83(74(44-59)70-36-35-69(70)73(81)43-57)91-51-79(87)95-55(3)63-31-19-9-20-32-63)48-68-42-60-26-14-6-13-24-58-40-66(47-65)82(90-50-78(86)94-54(2)62-29-17-8-18-30-62)75(45-58)71-37-38-72(71)76(46-60)84(68)92-52-80(88)96-56(4)64-33-21-10-22-34-64/h7-10,15-22,27-34,39-46,53-56,69-72H,5-6,11-14,23-26,35-38,47-52H2,1-4H3. The van der Waals surface area contributed by atoms with E-state index in [9.17, 15) is 19.2 Å². The predicted molar refractivity (Wildman–Crippen MR) is 369 cm³/mol. The van der Waals surface area contributed by atoms with E-state index in [4.69, 9.17) is 37.9 Å². The molecule has 0 spiro atoms. The van der Waals surface area contributed by atoms with E-state index in [1.807, 2.05) is 149 Å². The molecule has 2 fully saturated rings. The largest absolute Gasteiger partial charge is 0.481 e. The lowest BCUT2D eigenvalue weighted by Gasteiger charge is -2.41. The Morgan fingerprint density at radius 2 is 0.531 bits per heavy atom. The van der Waals surface area contributed by atoms with Crippen LogP contribution in [-0.2, 0) is 76.7 Å². The summed E-state index contributed by atoms with van der Waals surface area (Å²) < 4.78 is 52.9. The molecule has 12 bridgehead atoms. The van der Waals surface area contributed by atoms with Gasteiger partial charge in [0.15, 0.2) is 26.4 Å². The van der Waals surface area contributed by atoms with Crippen LogP contribution < -0.4 is 18.9 Å². The highest BCUT2D eigenvalue weighted by molar-refractivity contribution is 5.74. The van der Waals surface area contributed by atoms with E-state index in [0.717, 1.165) is 157 Å². The first kappa shape index (κ1) is 65.5. The number of carbonyl (C=O) groups is 4. The van der Waals surface area contributed by atoms with Gasteiger partial charge < -0.3 is 37.9 Å². The Bertz CT molecular complexity index is 3530.